The maximum Gasteiger partial charge on any atom is 0.264 e. The quantitative estimate of drug-likeness (QED) is 0.711. The summed E-state index contributed by atoms with van der Waals surface area (Å²) >= 11 is 1.39. The van der Waals surface area contributed by atoms with E-state index in [4.69, 9.17) is 0 Å². The van der Waals surface area contributed by atoms with Crippen LogP contribution in [0.25, 0.3) is 17.0 Å². The number of benzene rings is 2. The average molecular weight is 361 g/mol. The SMILES string of the molecule is CN=C1NC(=O)/C(=C/c2c(C)n(Cc3ccccc3)c3ccccc23)S1. The van der Waals surface area contributed by atoms with Crippen LogP contribution in [0.1, 0.15) is 16.8 Å². The molecule has 1 N–H and O–H groups in total. The van der Waals surface area contributed by atoms with Crippen molar-refractivity contribution in [1.82, 2.24) is 9.88 Å². The highest BCUT2D eigenvalue weighted by molar-refractivity contribution is 8.18. The Bertz CT molecular complexity index is 1050. The molecule has 130 valence electrons. The number of carbonyl (C=O) groups is 1. The first kappa shape index (κ1) is 16.7. The second kappa shape index (κ2) is 6.84. The molecule has 1 saturated heterocycles. The van der Waals surface area contributed by atoms with Gasteiger partial charge in [-0.15, -0.1) is 0 Å². The fourth-order valence-corrected chi connectivity index (χ4v) is 4.04. The number of hydrogen-bond donors (Lipinski definition) is 1. The number of hydrogen-bond acceptors (Lipinski definition) is 3. The Morgan fingerprint density at radius 1 is 1.12 bits per heavy atom. The van der Waals surface area contributed by atoms with Crippen LogP contribution < -0.4 is 5.32 Å². The van der Waals surface area contributed by atoms with Crippen LogP contribution in [0, 0.1) is 6.92 Å². The van der Waals surface area contributed by atoms with Gasteiger partial charge in [0.05, 0.1) is 4.91 Å². The van der Waals surface area contributed by atoms with Crippen molar-refractivity contribution in [3.05, 3.63) is 76.3 Å². The molecule has 0 radical (unpaired) electrons. The lowest BCUT2D eigenvalue weighted by atomic mass is 10.1. The molecule has 1 amide bonds. The zero-order valence-corrected chi connectivity index (χ0v) is 15.5. The van der Waals surface area contributed by atoms with E-state index in [2.05, 4.69) is 64.3 Å². The molecule has 1 fully saturated rings. The molecule has 0 atom stereocenters. The van der Waals surface area contributed by atoms with Crippen LogP contribution in [-0.2, 0) is 11.3 Å². The summed E-state index contributed by atoms with van der Waals surface area (Å²) in [6, 6.07) is 18.8. The molecule has 2 heterocycles. The number of nitrogens with zero attached hydrogens (tertiary/aromatic N) is 2. The first-order valence-corrected chi connectivity index (χ1v) is 9.28. The van der Waals surface area contributed by atoms with Gasteiger partial charge in [0.2, 0.25) is 0 Å². The molecular formula is C21H19N3OS. The zero-order chi connectivity index (χ0) is 18.1. The summed E-state index contributed by atoms with van der Waals surface area (Å²) < 4.78 is 2.31. The van der Waals surface area contributed by atoms with Crippen LogP contribution in [0.2, 0.25) is 0 Å². The number of amidine groups is 1. The number of fused-ring (bicyclic) bond motifs is 1. The fourth-order valence-electron chi connectivity index (χ4n) is 3.27. The first-order valence-electron chi connectivity index (χ1n) is 8.47. The van der Waals surface area contributed by atoms with Gasteiger partial charge < -0.3 is 9.88 Å². The molecule has 4 nitrogen and oxygen atoms in total. The van der Waals surface area contributed by atoms with Crippen molar-refractivity contribution in [2.24, 2.45) is 4.99 Å². The Kier molecular flexibility index (Phi) is 4.39. The molecule has 0 bridgehead atoms. The predicted molar refractivity (Wildman–Crippen MR) is 109 cm³/mol. The van der Waals surface area contributed by atoms with Crippen LogP contribution in [0.3, 0.4) is 0 Å². The highest BCUT2D eigenvalue weighted by Crippen LogP contribution is 2.32. The first-order chi connectivity index (χ1) is 12.7. The number of aliphatic imine (C=N–C) groups is 1. The van der Waals surface area contributed by atoms with Gasteiger partial charge in [-0.25, -0.2) is 0 Å². The Morgan fingerprint density at radius 3 is 2.58 bits per heavy atom. The normalized spacial score (nSPS) is 17.4. The summed E-state index contributed by atoms with van der Waals surface area (Å²) in [5.41, 5.74) is 4.67. The summed E-state index contributed by atoms with van der Waals surface area (Å²) in [4.78, 5) is 17.0. The Morgan fingerprint density at radius 2 is 1.85 bits per heavy atom. The van der Waals surface area contributed by atoms with E-state index >= 15 is 0 Å². The molecule has 3 aromatic rings. The average Bonchev–Trinajstić information content (AvgIpc) is 3.16. The zero-order valence-electron chi connectivity index (χ0n) is 14.7. The molecule has 1 aromatic heterocycles. The van der Waals surface area contributed by atoms with Gasteiger partial charge >= 0.3 is 0 Å². The van der Waals surface area contributed by atoms with Gasteiger partial charge in [-0.1, -0.05) is 48.5 Å². The second-order valence-electron chi connectivity index (χ2n) is 6.18. The highest BCUT2D eigenvalue weighted by atomic mass is 32.2. The van der Waals surface area contributed by atoms with Crippen molar-refractivity contribution < 1.29 is 4.79 Å². The molecule has 0 spiro atoms. The van der Waals surface area contributed by atoms with Crippen LogP contribution in [0.4, 0.5) is 0 Å². The van der Waals surface area contributed by atoms with Gasteiger partial charge in [0.1, 0.15) is 0 Å². The topological polar surface area (TPSA) is 46.4 Å². The maximum absolute atomic E-state index is 12.2. The van der Waals surface area contributed by atoms with E-state index in [1.165, 1.54) is 22.8 Å². The minimum absolute atomic E-state index is 0.0881. The summed E-state index contributed by atoms with van der Waals surface area (Å²) in [6.45, 7) is 2.92. The summed E-state index contributed by atoms with van der Waals surface area (Å²) in [7, 11) is 1.68. The Labute approximate surface area is 156 Å². The monoisotopic (exact) mass is 361 g/mol. The minimum atomic E-state index is -0.0881. The van der Waals surface area contributed by atoms with Crippen molar-refractivity contribution in [1.29, 1.82) is 0 Å². The second-order valence-corrected chi connectivity index (χ2v) is 7.21. The van der Waals surface area contributed by atoms with E-state index in [9.17, 15) is 4.79 Å². The third-order valence-electron chi connectivity index (χ3n) is 4.59. The van der Waals surface area contributed by atoms with E-state index in [-0.39, 0.29) is 5.91 Å². The lowest BCUT2D eigenvalue weighted by molar-refractivity contribution is -0.115. The van der Waals surface area contributed by atoms with Crippen LogP contribution >= 0.6 is 11.8 Å². The van der Waals surface area contributed by atoms with Crippen molar-refractivity contribution in [2.75, 3.05) is 7.05 Å². The molecular weight excluding hydrogens is 342 g/mol. The van der Waals surface area contributed by atoms with Gasteiger partial charge in [0.15, 0.2) is 5.17 Å². The number of nitrogens with one attached hydrogen (secondary N) is 1. The number of carbonyl (C=O) groups excluding carboxylic acids is 1. The van der Waals surface area contributed by atoms with Gasteiger partial charge in [-0.05, 0) is 36.4 Å². The molecule has 4 rings (SSSR count). The predicted octanol–water partition coefficient (Wildman–Crippen LogP) is 4.19. The fraction of sp³-hybridized carbons (Fsp3) is 0.143. The van der Waals surface area contributed by atoms with Gasteiger partial charge in [0.25, 0.3) is 5.91 Å². The summed E-state index contributed by atoms with van der Waals surface area (Å²) in [6.07, 6.45) is 1.98. The number of amides is 1. The molecule has 1 aliphatic heterocycles. The molecule has 0 saturated carbocycles. The van der Waals surface area contributed by atoms with E-state index < -0.39 is 0 Å². The van der Waals surface area contributed by atoms with Crippen molar-refractivity contribution in [3.63, 3.8) is 0 Å². The summed E-state index contributed by atoms with van der Waals surface area (Å²) in [5, 5.41) is 4.59. The molecule has 5 heteroatoms. The van der Waals surface area contributed by atoms with E-state index in [1.807, 2.05) is 18.2 Å². The summed E-state index contributed by atoms with van der Waals surface area (Å²) in [5.74, 6) is -0.0881. The van der Waals surface area contributed by atoms with Gasteiger partial charge in [-0.2, -0.15) is 0 Å². The lowest BCUT2D eigenvalue weighted by Gasteiger charge is -2.08. The molecule has 2 aromatic carbocycles. The van der Waals surface area contributed by atoms with Crippen LogP contribution in [-0.4, -0.2) is 22.7 Å². The standard InChI is InChI=1S/C21H19N3OS/c1-14-17(12-19-20(25)23-21(22-2)26-19)16-10-6-7-11-18(16)24(14)13-15-8-4-3-5-9-15/h3-12H,13H2,1-2H3,(H,22,23,25)/b19-12-. The minimum Gasteiger partial charge on any atom is -0.340 e. The third-order valence-corrected chi connectivity index (χ3v) is 5.59. The van der Waals surface area contributed by atoms with E-state index in [1.54, 1.807) is 7.05 Å². The van der Waals surface area contributed by atoms with Crippen LogP contribution in [0.15, 0.2) is 64.5 Å². The molecule has 0 aliphatic carbocycles. The largest absolute Gasteiger partial charge is 0.340 e. The Balaban J connectivity index is 1.84. The third kappa shape index (κ3) is 2.95. The van der Waals surface area contributed by atoms with Crippen LogP contribution in [0.5, 0.6) is 0 Å². The molecule has 26 heavy (non-hydrogen) atoms. The smallest absolute Gasteiger partial charge is 0.264 e. The van der Waals surface area contributed by atoms with Crippen molar-refractivity contribution in [3.8, 4) is 0 Å². The van der Waals surface area contributed by atoms with Gasteiger partial charge in [0, 0.05) is 35.8 Å². The Hall–Kier alpha value is -2.79. The molecule has 0 unspecified atom stereocenters. The number of para-hydroxylation sites is 1. The lowest BCUT2D eigenvalue weighted by Crippen LogP contribution is -2.19. The van der Waals surface area contributed by atoms with Crippen molar-refractivity contribution >= 4 is 39.8 Å². The van der Waals surface area contributed by atoms with Crippen molar-refractivity contribution in [2.45, 2.75) is 13.5 Å². The number of thioether (sulfide) groups is 1. The molecule has 1 aliphatic rings. The number of rotatable bonds is 3. The highest BCUT2D eigenvalue weighted by Gasteiger charge is 2.24. The van der Waals surface area contributed by atoms with E-state index in [0.717, 1.165) is 23.2 Å². The van der Waals surface area contributed by atoms with Gasteiger partial charge in [-0.3, -0.25) is 9.79 Å². The maximum atomic E-state index is 12.2. The van der Waals surface area contributed by atoms with E-state index in [0.29, 0.717) is 10.1 Å². The number of aromatic nitrogens is 1.